The van der Waals surface area contributed by atoms with Crippen molar-refractivity contribution in [3.05, 3.63) is 0 Å². The van der Waals surface area contributed by atoms with Crippen LogP contribution in [0.1, 0.15) is 51.4 Å². The van der Waals surface area contributed by atoms with Crippen LogP contribution < -0.4 is 0 Å². The molecule has 0 aromatic heterocycles. The molecule has 3 heteroatoms. The van der Waals surface area contributed by atoms with Gasteiger partial charge in [0.1, 0.15) is 0 Å². The van der Waals surface area contributed by atoms with E-state index in [2.05, 4.69) is 0 Å². The third kappa shape index (κ3) is 3.70. The summed E-state index contributed by atoms with van der Waals surface area (Å²) < 4.78 is 0. The van der Waals surface area contributed by atoms with Crippen molar-refractivity contribution in [2.75, 3.05) is 19.7 Å². The Morgan fingerprint density at radius 2 is 1.82 bits per heavy atom. The Labute approximate surface area is 104 Å². The van der Waals surface area contributed by atoms with E-state index < -0.39 is 0 Å². The van der Waals surface area contributed by atoms with Crippen molar-refractivity contribution in [3.63, 3.8) is 0 Å². The average Bonchev–Trinajstić information content (AvgIpc) is 2.89. The predicted molar refractivity (Wildman–Crippen MR) is 67.6 cm³/mol. The Hall–Kier alpha value is -0.570. The van der Waals surface area contributed by atoms with Crippen LogP contribution in [0.4, 0.5) is 0 Å². The molecule has 2 aliphatic rings. The standard InChI is InChI=1S/C14H25NO2/c16-11-13-6-3-9-15(10-13)14(17)8-7-12-4-1-2-5-12/h12-13,16H,1-11H2. The molecule has 2 fully saturated rings. The van der Waals surface area contributed by atoms with Gasteiger partial charge in [0.05, 0.1) is 0 Å². The van der Waals surface area contributed by atoms with Crippen LogP contribution in [-0.4, -0.2) is 35.6 Å². The molecule has 1 N–H and O–H groups in total. The van der Waals surface area contributed by atoms with Crippen LogP contribution >= 0.6 is 0 Å². The van der Waals surface area contributed by atoms with Crippen LogP contribution in [0.3, 0.4) is 0 Å². The molecule has 0 aromatic carbocycles. The van der Waals surface area contributed by atoms with Gasteiger partial charge in [-0.15, -0.1) is 0 Å². The minimum absolute atomic E-state index is 0.229. The maximum absolute atomic E-state index is 12.1. The fourth-order valence-electron chi connectivity index (χ4n) is 3.23. The normalized spacial score (nSPS) is 26.4. The molecular formula is C14H25NO2. The quantitative estimate of drug-likeness (QED) is 0.817. The lowest BCUT2D eigenvalue weighted by Crippen LogP contribution is -2.40. The average molecular weight is 239 g/mol. The summed E-state index contributed by atoms with van der Waals surface area (Å²) in [5, 5.41) is 9.16. The SMILES string of the molecule is O=C(CCC1CCCC1)N1CCCC(CO)C1. The molecule has 1 atom stereocenters. The molecule has 2 rings (SSSR count). The molecule has 1 aliphatic heterocycles. The van der Waals surface area contributed by atoms with Gasteiger partial charge >= 0.3 is 0 Å². The summed E-state index contributed by atoms with van der Waals surface area (Å²) in [4.78, 5) is 14.0. The first-order valence-electron chi connectivity index (χ1n) is 7.18. The molecule has 0 bridgehead atoms. The number of hydrogen-bond acceptors (Lipinski definition) is 2. The molecule has 3 nitrogen and oxygen atoms in total. The summed E-state index contributed by atoms with van der Waals surface area (Å²) >= 11 is 0. The number of likely N-dealkylation sites (tertiary alicyclic amines) is 1. The second-order valence-corrected chi connectivity index (χ2v) is 5.72. The van der Waals surface area contributed by atoms with Crippen molar-refractivity contribution >= 4 is 5.91 Å². The zero-order valence-corrected chi connectivity index (χ0v) is 10.7. The molecule has 17 heavy (non-hydrogen) atoms. The van der Waals surface area contributed by atoms with Gasteiger partial charge in [0.2, 0.25) is 5.91 Å². The van der Waals surface area contributed by atoms with E-state index in [0.29, 0.717) is 11.8 Å². The maximum atomic E-state index is 12.1. The number of hydrogen-bond donors (Lipinski definition) is 1. The van der Waals surface area contributed by atoms with Crippen molar-refractivity contribution in [1.29, 1.82) is 0 Å². The molecular weight excluding hydrogens is 214 g/mol. The zero-order chi connectivity index (χ0) is 12.1. The Kier molecular flexibility index (Phi) is 4.84. The van der Waals surface area contributed by atoms with Crippen molar-refractivity contribution < 1.29 is 9.90 Å². The lowest BCUT2D eigenvalue weighted by Gasteiger charge is -2.32. The van der Waals surface area contributed by atoms with Gasteiger partial charge in [0.25, 0.3) is 0 Å². The lowest BCUT2D eigenvalue weighted by atomic mass is 9.97. The molecule has 1 saturated heterocycles. The van der Waals surface area contributed by atoms with E-state index in [4.69, 9.17) is 5.11 Å². The second-order valence-electron chi connectivity index (χ2n) is 5.72. The van der Waals surface area contributed by atoms with Crippen LogP contribution in [0.15, 0.2) is 0 Å². The molecule has 1 heterocycles. The molecule has 98 valence electrons. The highest BCUT2D eigenvalue weighted by Crippen LogP contribution is 2.29. The van der Waals surface area contributed by atoms with E-state index in [0.717, 1.165) is 44.7 Å². The van der Waals surface area contributed by atoms with Crippen LogP contribution in [0, 0.1) is 11.8 Å². The van der Waals surface area contributed by atoms with Gasteiger partial charge in [-0.25, -0.2) is 0 Å². The first-order chi connectivity index (χ1) is 8.29. The number of piperidine rings is 1. The van der Waals surface area contributed by atoms with Gasteiger partial charge in [-0.2, -0.15) is 0 Å². The van der Waals surface area contributed by atoms with Gasteiger partial charge in [0, 0.05) is 26.1 Å². The first kappa shape index (κ1) is 12.9. The largest absolute Gasteiger partial charge is 0.396 e. The van der Waals surface area contributed by atoms with Gasteiger partial charge in [-0.3, -0.25) is 4.79 Å². The monoisotopic (exact) mass is 239 g/mol. The minimum Gasteiger partial charge on any atom is -0.396 e. The van der Waals surface area contributed by atoms with Gasteiger partial charge < -0.3 is 10.0 Å². The number of rotatable bonds is 4. The molecule has 1 aliphatic carbocycles. The van der Waals surface area contributed by atoms with Crippen molar-refractivity contribution in [2.24, 2.45) is 11.8 Å². The van der Waals surface area contributed by atoms with E-state index in [-0.39, 0.29) is 6.61 Å². The molecule has 0 radical (unpaired) electrons. The van der Waals surface area contributed by atoms with Gasteiger partial charge in [0.15, 0.2) is 0 Å². The Morgan fingerprint density at radius 1 is 1.12 bits per heavy atom. The first-order valence-corrected chi connectivity index (χ1v) is 7.18. The summed E-state index contributed by atoms with van der Waals surface area (Å²) in [5.41, 5.74) is 0. The van der Waals surface area contributed by atoms with E-state index in [1.165, 1.54) is 25.7 Å². The highest BCUT2D eigenvalue weighted by molar-refractivity contribution is 5.76. The fraction of sp³-hybridized carbons (Fsp3) is 0.929. The summed E-state index contributed by atoms with van der Waals surface area (Å²) in [5.74, 6) is 1.44. The van der Waals surface area contributed by atoms with Gasteiger partial charge in [-0.05, 0) is 31.1 Å². The van der Waals surface area contributed by atoms with E-state index in [9.17, 15) is 4.79 Å². The zero-order valence-electron chi connectivity index (χ0n) is 10.7. The van der Waals surface area contributed by atoms with Crippen LogP contribution in [-0.2, 0) is 4.79 Å². The maximum Gasteiger partial charge on any atom is 0.222 e. The van der Waals surface area contributed by atoms with Crippen LogP contribution in [0.5, 0.6) is 0 Å². The molecule has 1 unspecified atom stereocenters. The van der Waals surface area contributed by atoms with E-state index >= 15 is 0 Å². The number of carbonyl (C=O) groups excluding carboxylic acids is 1. The molecule has 1 amide bonds. The number of aliphatic hydroxyl groups is 1. The van der Waals surface area contributed by atoms with Crippen LogP contribution in [0.25, 0.3) is 0 Å². The van der Waals surface area contributed by atoms with Crippen LogP contribution in [0.2, 0.25) is 0 Å². The summed E-state index contributed by atoms with van der Waals surface area (Å²) in [6.07, 6.45) is 9.30. The lowest BCUT2D eigenvalue weighted by molar-refractivity contribution is -0.133. The fourth-order valence-corrected chi connectivity index (χ4v) is 3.23. The number of carbonyl (C=O) groups is 1. The topological polar surface area (TPSA) is 40.5 Å². The third-order valence-corrected chi connectivity index (χ3v) is 4.37. The van der Waals surface area contributed by atoms with Gasteiger partial charge in [-0.1, -0.05) is 25.7 Å². The Morgan fingerprint density at radius 3 is 2.53 bits per heavy atom. The summed E-state index contributed by atoms with van der Waals surface area (Å²) in [6.45, 7) is 1.91. The number of nitrogens with zero attached hydrogens (tertiary/aromatic N) is 1. The number of amides is 1. The van der Waals surface area contributed by atoms with E-state index in [1.807, 2.05) is 4.90 Å². The predicted octanol–water partition coefficient (Wildman–Crippen LogP) is 2.19. The Balaban J connectivity index is 1.71. The summed E-state index contributed by atoms with van der Waals surface area (Å²) in [7, 11) is 0. The summed E-state index contributed by atoms with van der Waals surface area (Å²) in [6, 6.07) is 0. The van der Waals surface area contributed by atoms with Crippen molar-refractivity contribution in [2.45, 2.75) is 51.4 Å². The third-order valence-electron chi connectivity index (χ3n) is 4.37. The molecule has 0 aromatic rings. The van der Waals surface area contributed by atoms with E-state index in [1.54, 1.807) is 0 Å². The Bertz CT molecular complexity index is 249. The number of aliphatic hydroxyl groups excluding tert-OH is 1. The minimum atomic E-state index is 0.229. The molecule has 0 spiro atoms. The van der Waals surface area contributed by atoms with Crippen molar-refractivity contribution in [1.82, 2.24) is 4.90 Å². The highest BCUT2D eigenvalue weighted by atomic mass is 16.3. The highest BCUT2D eigenvalue weighted by Gasteiger charge is 2.24. The smallest absolute Gasteiger partial charge is 0.222 e. The second kappa shape index (κ2) is 6.39. The van der Waals surface area contributed by atoms with Crippen molar-refractivity contribution in [3.8, 4) is 0 Å². The molecule has 1 saturated carbocycles.